The van der Waals surface area contributed by atoms with E-state index < -0.39 is 0 Å². The summed E-state index contributed by atoms with van der Waals surface area (Å²) in [5.74, 6) is 0.304. The predicted molar refractivity (Wildman–Crippen MR) is 77.4 cm³/mol. The number of hydrogen-bond donors (Lipinski definition) is 1. The highest BCUT2D eigenvalue weighted by Gasteiger charge is 2.15. The van der Waals surface area contributed by atoms with E-state index in [1.165, 1.54) is 6.07 Å². The second-order valence-corrected chi connectivity index (χ2v) is 5.37. The fourth-order valence-corrected chi connectivity index (χ4v) is 2.17. The molecule has 0 aliphatic heterocycles. The Balaban J connectivity index is 2.35. The van der Waals surface area contributed by atoms with E-state index in [0.717, 1.165) is 12.8 Å². The van der Waals surface area contributed by atoms with Gasteiger partial charge in [0, 0.05) is 12.0 Å². The molecular formula is C16H24FNO2. The molecule has 0 saturated carbocycles. The molecular weight excluding hydrogens is 257 g/mol. The molecule has 4 heteroatoms. The molecule has 0 fully saturated rings. The summed E-state index contributed by atoms with van der Waals surface area (Å²) in [6, 6.07) is 6.32. The van der Waals surface area contributed by atoms with E-state index >= 15 is 0 Å². The fourth-order valence-electron chi connectivity index (χ4n) is 2.17. The molecule has 2 N–H and O–H groups in total. The Morgan fingerprint density at radius 3 is 2.60 bits per heavy atom. The Labute approximate surface area is 120 Å². The first-order valence-corrected chi connectivity index (χ1v) is 7.13. The fraction of sp³-hybridized carbons (Fsp3) is 0.562. The SMILES string of the molecule is CC(C)C(CCN)CCC(=O)OCc1ccccc1F. The van der Waals surface area contributed by atoms with Gasteiger partial charge in [-0.2, -0.15) is 0 Å². The van der Waals surface area contributed by atoms with Crippen LogP contribution in [0.3, 0.4) is 0 Å². The lowest BCUT2D eigenvalue weighted by Crippen LogP contribution is -2.16. The average Bonchev–Trinajstić information content (AvgIpc) is 2.42. The molecule has 1 unspecified atom stereocenters. The first kappa shape index (κ1) is 16.6. The lowest BCUT2D eigenvalue weighted by Gasteiger charge is -2.19. The normalized spacial score (nSPS) is 12.4. The lowest BCUT2D eigenvalue weighted by atomic mass is 9.88. The molecule has 112 valence electrons. The van der Waals surface area contributed by atoms with Gasteiger partial charge in [-0.1, -0.05) is 32.0 Å². The lowest BCUT2D eigenvalue weighted by molar-refractivity contribution is -0.145. The van der Waals surface area contributed by atoms with Crippen molar-refractivity contribution in [2.45, 2.75) is 39.7 Å². The predicted octanol–water partition coefficient (Wildman–Crippen LogP) is 3.27. The summed E-state index contributed by atoms with van der Waals surface area (Å²) in [6.45, 7) is 4.89. The van der Waals surface area contributed by atoms with Crippen LogP contribution < -0.4 is 5.73 Å². The quantitative estimate of drug-likeness (QED) is 0.744. The third-order valence-electron chi connectivity index (χ3n) is 3.55. The Hall–Kier alpha value is -1.42. The van der Waals surface area contributed by atoms with Crippen LogP contribution in [0.15, 0.2) is 24.3 Å². The van der Waals surface area contributed by atoms with Crippen LogP contribution in [0.1, 0.15) is 38.7 Å². The third-order valence-corrected chi connectivity index (χ3v) is 3.55. The van der Waals surface area contributed by atoms with Crippen molar-refractivity contribution in [3.63, 3.8) is 0 Å². The highest BCUT2D eigenvalue weighted by molar-refractivity contribution is 5.69. The average molecular weight is 281 g/mol. The van der Waals surface area contributed by atoms with Gasteiger partial charge in [0.15, 0.2) is 0 Å². The number of ether oxygens (including phenoxy) is 1. The molecule has 0 saturated heterocycles. The summed E-state index contributed by atoms with van der Waals surface area (Å²) in [7, 11) is 0. The Morgan fingerprint density at radius 2 is 2.00 bits per heavy atom. The van der Waals surface area contributed by atoms with Crippen LogP contribution in [0.5, 0.6) is 0 Å². The molecule has 0 bridgehead atoms. The molecule has 0 aromatic heterocycles. The molecule has 0 aliphatic rings. The number of rotatable bonds is 8. The van der Waals surface area contributed by atoms with E-state index in [1.54, 1.807) is 18.2 Å². The van der Waals surface area contributed by atoms with Crippen LogP contribution in [0.2, 0.25) is 0 Å². The van der Waals surface area contributed by atoms with Gasteiger partial charge >= 0.3 is 5.97 Å². The number of hydrogen-bond acceptors (Lipinski definition) is 3. The topological polar surface area (TPSA) is 52.3 Å². The van der Waals surface area contributed by atoms with Gasteiger partial charge in [0.05, 0.1) is 0 Å². The van der Waals surface area contributed by atoms with E-state index in [9.17, 15) is 9.18 Å². The van der Waals surface area contributed by atoms with Gasteiger partial charge in [-0.3, -0.25) is 4.79 Å². The summed E-state index contributed by atoms with van der Waals surface area (Å²) < 4.78 is 18.5. The van der Waals surface area contributed by atoms with Crippen molar-refractivity contribution in [2.75, 3.05) is 6.54 Å². The van der Waals surface area contributed by atoms with Crippen molar-refractivity contribution in [2.24, 2.45) is 17.6 Å². The van der Waals surface area contributed by atoms with Gasteiger partial charge in [0.2, 0.25) is 0 Å². The summed E-state index contributed by atoms with van der Waals surface area (Å²) in [5.41, 5.74) is 5.97. The minimum atomic E-state index is -0.344. The van der Waals surface area contributed by atoms with Crippen LogP contribution >= 0.6 is 0 Å². The summed E-state index contributed by atoms with van der Waals surface area (Å²) in [4.78, 5) is 11.7. The van der Waals surface area contributed by atoms with Crippen LogP contribution in [-0.4, -0.2) is 12.5 Å². The Kier molecular flexibility index (Phi) is 7.23. The van der Waals surface area contributed by atoms with E-state index in [4.69, 9.17) is 10.5 Å². The van der Waals surface area contributed by atoms with Gasteiger partial charge < -0.3 is 10.5 Å². The highest BCUT2D eigenvalue weighted by atomic mass is 19.1. The number of nitrogens with two attached hydrogens (primary N) is 1. The molecule has 1 rings (SSSR count). The number of esters is 1. The highest BCUT2D eigenvalue weighted by Crippen LogP contribution is 2.20. The molecule has 0 heterocycles. The van der Waals surface area contributed by atoms with Crippen LogP contribution in [0.25, 0.3) is 0 Å². The second kappa shape index (κ2) is 8.69. The first-order chi connectivity index (χ1) is 9.54. The van der Waals surface area contributed by atoms with Crippen molar-refractivity contribution >= 4 is 5.97 Å². The van der Waals surface area contributed by atoms with E-state index in [2.05, 4.69) is 13.8 Å². The van der Waals surface area contributed by atoms with Gasteiger partial charge in [0.1, 0.15) is 12.4 Å². The maximum absolute atomic E-state index is 13.4. The molecule has 1 aromatic rings. The van der Waals surface area contributed by atoms with Crippen LogP contribution in [0, 0.1) is 17.7 Å². The number of halogens is 1. The smallest absolute Gasteiger partial charge is 0.306 e. The minimum absolute atomic E-state index is 0.00522. The summed E-state index contributed by atoms with van der Waals surface area (Å²) in [5, 5.41) is 0. The summed E-state index contributed by atoms with van der Waals surface area (Å²) in [6.07, 6.45) is 2.04. The largest absolute Gasteiger partial charge is 0.461 e. The maximum Gasteiger partial charge on any atom is 0.306 e. The van der Waals surface area contributed by atoms with Crippen LogP contribution in [-0.2, 0) is 16.1 Å². The molecule has 3 nitrogen and oxygen atoms in total. The zero-order valence-electron chi connectivity index (χ0n) is 12.3. The number of benzene rings is 1. The standard InChI is InChI=1S/C16H24FNO2/c1-12(2)13(9-10-18)7-8-16(19)20-11-14-5-3-4-6-15(14)17/h3-6,12-13H,7-11,18H2,1-2H3. The Morgan fingerprint density at radius 1 is 1.30 bits per heavy atom. The van der Waals surface area contributed by atoms with Crippen molar-refractivity contribution in [1.82, 2.24) is 0 Å². The molecule has 1 atom stereocenters. The van der Waals surface area contributed by atoms with Crippen LogP contribution in [0.4, 0.5) is 4.39 Å². The molecule has 0 spiro atoms. The van der Waals surface area contributed by atoms with Crippen molar-refractivity contribution in [1.29, 1.82) is 0 Å². The zero-order chi connectivity index (χ0) is 15.0. The molecule has 20 heavy (non-hydrogen) atoms. The van der Waals surface area contributed by atoms with E-state index in [-0.39, 0.29) is 18.4 Å². The Bertz CT molecular complexity index is 421. The van der Waals surface area contributed by atoms with Gasteiger partial charge in [-0.05, 0) is 37.3 Å². The van der Waals surface area contributed by atoms with Crippen molar-refractivity contribution in [3.05, 3.63) is 35.6 Å². The van der Waals surface area contributed by atoms with Crippen molar-refractivity contribution < 1.29 is 13.9 Å². The van der Waals surface area contributed by atoms with Crippen molar-refractivity contribution in [3.8, 4) is 0 Å². The van der Waals surface area contributed by atoms with Gasteiger partial charge in [-0.25, -0.2) is 4.39 Å². The molecule has 0 radical (unpaired) electrons. The summed E-state index contributed by atoms with van der Waals surface area (Å²) >= 11 is 0. The van der Waals surface area contributed by atoms with E-state index in [0.29, 0.717) is 30.4 Å². The molecule has 0 amide bonds. The molecule has 1 aromatic carbocycles. The molecule has 0 aliphatic carbocycles. The second-order valence-electron chi connectivity index (χ2n) is 5.37. The number of carbonyl (C=O) groups is 1. The first-order valence-electron chi connectivity index (χ1n) is 7.13. The van der Waals surface area contributed by atoms with E-state index in [1.807, 2.05) is 0 Å². The maximum atomic E-state index is 13.4. The zero-order valence-corrected chi connectivity index (χ0v) is 12.3. The van der Waals surface area contributed by atoms with Gasteiger partial charge in [0.25, 0.3) is 0 Å². The third kappa shape index (κ3) is 5.70. The number of carbonyl (C=O) groups excluding carboxylic acids is 1. The minimum Gasteiger partial charge on any atom is -0.461 e. The monoisotopic (exact) mass is 281 g/mol. The van der Waals surface area contributed by atoms with Gasteiger partial charge in [-0.15, -0.1) is 0 Å².